The van der Waals surface area contributed by atoms with Crippen molar-refractivity contribution in [2.75, 3.05) is 0 Å². The number of aromatic nitrogens is 7. The van der Waals surface area contributed by atoms with Gasteiger partial charge in [0.15, 0.2) is 17.5 Å². The van der Waals surface area contributed by atoms with Gasteiger partial charge in [-0.1, -0.05) is 133 Å². The first kappa shape index (κ1) is 33.3. The maximum Gasteiger partial charge on any atom is 0.182 e. The van der Waals surface area contributed by atoms with Gasteiger partial charge in [-0.2, -0.15) is 0 Å². The van der Waals surface area contributed by atoms with Crippen LogP contribution in [0.5, 0.6) is 0 Å². The van der Waals surface area contributed by atoms with Gasteiger partial charge in [-0.25, -0.2) is 29.9 Å². The Bertz CT molecular complexity index is 3270. The maximum atomic E-state index is 5.05. The Morgan fingerprint density at radius 1 is 0.259 bits per heavy atom. The molecule has 0 saturated carbocycles. The second-order valence-corrected chi connectivity index (χ2v) is 14.2. The van der Waals surface area contributed by atoms with Crippen LogP contribution in [-0.2, 0) is 0 Å². The van der Waals surface area contributed by atoms with Crippen LogP contribution in [0.1, 0.15) is 0 Å². The molecule has 0 aliphatic heterocycles. The lowest BCUT2D eigenvalue weighted by atomic mass is 10.0. The number of fused-ring (bicyclic) bond motifs is 5. The molecule has 6 aromatic carbocycles. The normalized spacial score (nSPS) is 11.4. The first-order chi connectivity index (χ1) is 28.7. The van der Waals surface area contributed by atoms with Gasteiger partial charge >= 0.3 is 0 Å². The van der Waals surface area contributed by atoms with E-state index in [0.717, 1.165) is 88.4 Å². The molecule has 0 aliphatic rings. The van der Waals surface area contributed by atoms with E-state index in [1.807, 2.05) is 79.0 Å². The Hall–Kier alpha value is -8.03. The summed E-state index contributed by atoms with van der Waals surface area (Å²) in [4.78, 5) is 34.2. The van der Waals surface area contributed by atoms with Crippen LogP contribution < -0.4 is 0 Å². The summed E-state index contributed by atoms with van der Waals surface area (Å²) in [6.45, 7) is 0. The smallest absolute Gasteiger partial charge is 0.182 e. The predicted molar refractivity (Wildman–Crippen MR) is 234 cm³/mol. The lowest BCUT2D eigenvalue weighted by Crippen LogP contribution is -2.01. The Morgan fingerprint density at radius 2 is 0.724 bits per heavy atom. The Kier molecular flexibility index (Phi) is 8.00. The number of nitrogens with zero attached hydrogens (tertiary/aromatic N) is 7. The molecule has 0 bridgehead atoms. The molecule has 0 amide bonds. The fourth-order valence-corrected chi connectivity index (χ4v) is 7.51. The van der Waals surface area contributed by atoms with Gasteiger partial charge in [-0.15, -0.1) is 0 Å². The first-order valence-corrected chi connectivity index (χ1v) is 19.1. The molecule has 0 N–H and O–H groups in total. The van der Waals surface area contributed by atoms with Crippen molar-refractivity contribution in [3.63, 3.8) is 0 Å². The molecule has 0 radical (unpaired) electrons. The number of rotatable bonds is 6. The van der Waals surface area contributed by atoms with E-state index in [4.69, 9.17) is 29.9 Å². The zero-order chi connectivity index (χ0) is 38.4. The molecule has 11 rings (SSSR count). The van der Waals surface area contributed by atoms with E-state index in [1.54, 1.807) is 0 Å². The molecule has 7 heteroatoms. The van der Waals surface area contributed by atoms with Crippen LogP contribution >= 0.6 is 0 Å². The Balaban J connectivity index is 0.865. The largest absolute Gasteiger partial charge is 0.254 e. The lowest BCUT2D eigenvalue weighted by Gasteiger charge is -2.10. The highest BCUT2D eigenvalue weighted by atomic mass is 15.0. The average Bonchev–Trinajstić information content (AvgIpc) is 3.31. The van der Waals surface area contributed by atoms with Crippen LogP contribution in [0.25, 0.3) is 112 Å². The number of pyridine rings is 4. The molecule has 270 valence electrons. The minimum Gasteiger partial charge on any atom is -0.254 e. The molecule has 7 nitrogen and oxygen atoms in total. The van der Waals surface area contributed by atoms with Crippen LogP contribution in [0.2, 0.25) is 0 Å². The van der Waals surface area contributed by atoms with Crippen molar-refractivity contribution in [3.05, 3.63) is 188 Å². The van der Waals surface area contributed by atoms with Gasteiger partial charge in [0.2, 0.25) is 0 Å². The van der Waals surface area contributed by atoms with Crippen molar-refractivity contribution in [1.82, 2.24) is 34.9 Å². The van der Waals surface area contributed by atoms with E-state index < -0.39 is 0 Å². The standard InChI is InChI=1S/C51H31N7/c1-3-8-36(9-4-1)49-56-50(37-10-5-2-6-11-37)58-51(57-49)46-28-23-41-31-39(21-26-45(41)54-46)38-20-25-44-40(30-38)22-27-42(53-44)32-13-15-33(16-14-32)43-24-19-35-18-17-34-12-7-29-52-47(34)48(35)55-43/h1-31H. The summed E-state index contributed by atoms with van der Waals surface area (Å²) >= 11 is 0. The summed E-state index contributed by atoms with van der Waals surface area (Å²) in [5.41, 5.74) is 12.3. The molecule has 0 atom stereocenters. The van der Waals surface area contributed by atoms with E-state index in [9.17, 15) is 0 Å². The number of hydrogen-bond donors (Lipinski definition) is 0. The Labute approximate surface area is 333 Å². The SMILES string of the molecule is c1ccc(-c2nc(-c3ccccc3)nc(-c3ccc4cc(-c5ccc6nc(-c7ccc(-c8ccc9ccc%10cccnc%10c9n8)cc7)ccc6c5)ccc4n3)n2)cc1. The van der Waals surface area contributed by atoms with Crippen molar-refractivity contribution in [1.29, 1.82) is 0 Å². The van der Waals surface area contributed by atoms with E-state index in [1.165, 1.54) is 0 Å². The monoisotopic (exact) mass is 741 g/mol. The van der Waals surface area contributed by atoms with Gasteiger partial charge in [0.25, 0.3) is 0 Å². The molecular weight excluding hydrogens is 711 g/mol. The van der Waals surface area contributed by atoms with Crippen molar-refractivity contribution in [3.8, 4) is 67.9 Å². The lowest BCUT2D eigenvalue weighted by molar-refractivity contribution is 1.06. The van der Waals surface area contributed by atoms with Gasteiger partial charge in [0, 0.05) is 50.0 Å². The van der Waals surface area contributed by atoms with Gasteiger partial charge in [-0.05, 0) is 59.7 Å². The van der Waals surface area contributed by atoms with Crippen molar-refractivity contribution in [2.24, 2.45) is 0 Å². The van der Waals surface area contributed by atoms with Crippen molar-refractivity contribution >= 4 is 43.6 Å². The Morgan fingerprint density at radius 3 is 1.33 bits per heavy atom. The van der Waals surface area contributed by atoms with E-state index >= 15 is 0 Å². The average molecular weight is 742 g/mol. The van der Waals surface area contributed by atoms with Crippen molar-refractivity contribution in [2.45, 2.75) is 0 Å². The summed E-state index contributed by atoms with van der Waals surface area (Å²) in [5, 5.41) is 4.27. The fourth-order valence-electron chi connectivity index (χ4n) is 7.51. The molecule has 0 aliphatic carbocycles. The maximum absolute atomic E-state index is 5.05. The molecule has 0 saturated heterocycles. The molecule has 0 fully saturated rings. The summed E-state index contributed by atoms with van der Waals surface area (Å²) in [6.07, 6.45) is 1.82. The molecule has 5 heterocycles. The predicted octanol–water partition coefficient (Wildman–Crippen LogP) is 12.1. The molecule has 0 spiro atoms. The highest BCUT2D eigenvalue weighted by Gasteiger charge is 2.14. The van der Waals surface area contributed by atoms with Crippen LogP contribution in [0.15, 0.2) is 188 Å². The van der Waals surface area contributed by atoms with Crippen LogP contribution in [0.4, 0.5) is 0 Å². The number of hydrogen-bond acceptors (Lipinski definition) is 7. The summed E-state index contributed by atoms with van der Waals surface area (Å²) in [5.74, 6) is 1.75. The first-order valence-electron chi connectivity index (χ1n) is 19.1. The van der Waals surface area contributed by atoms with Crippen LogP contribution in [0, 0.1) is 0 Å². The molecular formula is C51H31N7. The van der Waals surface area contributed by atoms with E-state index in [-0.39, 0.29) is 0 Å². The van der Waals surface area contributed by atoms with Gasteiger partial charge < -0.3 is 0 Å². The third kappa shape index (κ3) is 6.17. The summed E-state index contributed by atoms with van der Waals surface area (Å²) in [7, 11) is 0. The molecule has 0 unspecified atom stereocenters. The molecule has 5 aromatic heterocycles. The summed E-state index contributed by atoms with van der Waals surface area (Å²) in [6, 6.07) is 61.9. The second-order valence-electron chi connectivity index (χ2n) is 14.2. The minimum atomic E-state index is 0.532. The third-order valence-corrected chi connectivity index (χ3v) is 10.5. The highest BCUT2D eigenvalue weighted by molar-refractivity contribution is 6.03. The number of benzene rings is 6. The van der Waals surface area contributed by atoms with Gasteiger partial charge in [0.1, 0.15) is 5.69 Å². The van der Waals surface area contributed by atoms with Gasteiger partial charge in [-0.3, -0.25) is 4.98 Å². The van der Waals surface area contributed by atoms with E-state index in [0.29, 0.717) is 23.2 Å². The van der Waals surface area contributed by atoms with Crippen LogP contribution in [-0.4, -0.2) is 34.9 Å². The zero-order valence-corrected chi connectivity index (χ0v) is 31.0. The zero-order valence-electron chi connectivity index (χ0n) is 31.0. The van der Waals surface area contributed by atoms with E-state index in [2.05, 4.69) is 114 Å². The summed E-state index contributed by atoms with van der Waals surface area (Å²) < 4.78 is 0. The molecule has 11 aromatic rings. The highest BCUT2D eigenvalue weighted by Crippen LogP contribution is 2.32. The minimum absolute atomic E-state index is 0.532. The quantitative estimate of drug-likeness (QED) is 0.157. The topological polar surface area (TPSA) is 90.2 Å². The van der Waals surface area contributed by atoms with Gasteiger partial charge in [0.05, 0.1) is 33.5 Å². The van der Waals surface area contributed by atoms with Crippen molar-refractivity contribution < 1.29 is 0 Å². The fraction of sp³-hybridized carbons (Fsp3) is 0. The third-order valence-electron chi connectivity index (χ3n) is 10.5. The van der Waals surface area contributed by atoms with Crippen LogP contribution in [0.3, 0.4) is 0 Å². The molecule has 58 heavy (non-hydrogen) atoms. The second kappa shape index (κ2) is 13.9.